The standard InChI is InChI=1S/C17H36N2/c1-4-6-14-19(15-7-5-2)16-13-17(18-3)11-9-8-10-12-17/h18H,4-16H2,1-3H3. The lowest BCUT2D eigenvalue weighted by molar-refractivity contribution is 0.179. The van der Waals surface area contributed by atoms with Crippen molar-refractivity contribution in [1.29, 1.82) is 0 Å². The highest BCUT2D eigenvalue weighted by Crippen LogP contribution is 2.30. The van der Waals surface area contributed by atoms with E-state index in [2.05, 4.69) is 31.1 Å². The van der Waals surface area contributed by atoms with Gasteiger partial charge < -0.3 is 10.2 Å². The first-order valence-corrected chi connectivity index (χ1v) is 8.67. The molecule has 0 saturated heterocycles. The van der Waals surface area contributed by atoms with Gasteiger partial charge in [0.1, 0.15) is 0 Å². The summed E-state index contributed by atoms with van der Waals surface area (Å²) < 4.78 is 0. The molecule has 2 heteroatoms. The Hall–Kier alpha value is -0.0800. The van der Waals surface area contributed by atoms with Crippen molar-refractivity contribution in [3.63, 3.8) is 0 Å². The van der Waals surface area contributed by atoms with Gasteiger partial charge in [-0.15, -0.1) is 0 Å². The first-order chi connectivity index (χ1) is 9.26. The van der Waals surface area contributed by atoms with E-state index in [4.69, 9.17) is 0 Å². The summed E-state index contributed by atoms with van der Waals surface area (Å²) in [4.78, 5) is 2.71. The maximum absolute atomic E-state index is 3.66. The molecule has 19 heavy (non-hydrogen) atoms. The molecule has 0 heterocycles. The molecular formula is C17H36N2. The van der Waals surface area contributed by atoms with E-state index in [0.717, 1.165) is 0 Å². The van der Waals surface area contributed by atoms with Crippen molar-refractivity contribution in [2.24, 2.45) is 0 Å². The maximum Gasteiger partial charge on any atom is 0.0190 e. The predicted octanol–water partition coefficient (Wildman–Crippen LogP) is 4.20. The Labute approximate surface area is 121 Å². The smallest absolute Gasteiger partial charge is 0.0190 e. The quantitative estimate of drug-likeness (QED) is 0.639. The summed E-state index contributed by atoms with van der Waals surface area (Å²) in [6.07, 6.45) is 13.8. The molecule has 1 N–H and O–H groups in total. The second-order valence-electron chi connectivity index (χ2n) is 6.39. The zero-order chi connectivity index (χ0) is 14.0. The number of nitrogens with zero attached hydrogens (tertiary/aromatic N) is 1. The number of rotatable bonds is 10. The van der Waals surface area contributed by atoms with Crippen molar-refractivity contribution in [3.8, 4) is 0 Å². The van der Waals surface area contributed by atoms with Crippen LogP contribution < -0.4 is 5.32 Å². The number of nitrogens with one attached hydrogen (secondary N) is 1. The van der Waals surface area contributed by atoms with Crippen molar-refractivity contribution < 1.29 is 0 Å². The van der Waals surface area contributed by atoms with Crippen LogP contribution in [0.5, 0.6) is 0 Å². The maximum atomic E-state index is 3.66. The second kappa shape index (κ2) is 9.77. The van der Waals surface area contributed by atoms with E-state index >= 15 is 0 Å². The minimum absolute atomic E-state index is 0.453. The highest BCUT2D eigenvalue weighted by molar-refractivity contribution is 4.90. The molecule has 1 rings (SSSR count). The SMILES string of the molecule is CCCCN(CCCC)CCC1(NC)CCCCC1. The Morgan fingerprint density at radius 3 is 1.95 bits per heavy atom. The van der Waals surface area contributed by atoms with Crippen LogP contribution in [0, 0.1) is 0 Å². The van der Waals surface area contributed by atoms with E-state index in [1.54, 1.807) is 0 Å². The van der Waals surface area contributed by atoms with Gasteiger partial charge in [-0.2, -0.15) is 0 Å². The third kappa shape index (κ3) is 6.27. The van der Waals surface area contributed by atoms with Crippen LogP contribution in [-0.4, -0.2) is 37.1 Å². The molecule has 0 aromatic heterocycles. The van der Waals surface area contributed by atoms with Crippen molar-refractivity contribution >= 4 is 0 Å². The molecule has 0 radical (unpaired) electrons. The summed E-state index contributed by atoms with van der Waals surface area (Å²) in [5.74, 6) is 0. The first-order valence-electron chi connectivity index (χ1n) is 8.67. The Morgan fingerprint density at radius 1 is 0.895 bits per heavy atom. The van der Waals surface area contributed by atoms with Crippen LogP contribution in [0.1, 0.15) is 78.1 Å². The van der Waals surface area contributed by atoms with Gasteiger partial charge in [-0.1, -0.05) is 46.0 Å². The summed E-state index contributed by atoms with van der Waals surface area (Å²) in [6, 6.07) is 0. The van der Waals surface area contributed by atoms with Crippen molar-refractivity contribution in [1.82, 2.24) is 10.2 Å². The minimum atomic E-state index is 0.453. The Balaban J connectivity index is 2.38. The van der Waals surface area contributed by atoms with Crippen LogP contribution in [0.25, 0.3) is 0 Å². The third-order valence-electron chi connectivity index (χ3n) is 4.90. The van der Waals surface area contributed by atoms with Gasteiger partial charge in [-0.25, -0.2) is 0 Å². The predicted molar refractivity (Wildman–Crippen MR) is 85.7 cm³/mol. The lowest BCUT2D eigenvalue weighted by atomic mass is 9.79. The van der Waals surface area contributed by atoms with Gasteiger partial charge in [0.05, 0.1) is 0 Å². The van der Waals surface area contributed by atoms with Gasteiger partial charge in [0.2, 0.25) is 0 Å². The Morgan fingerprint density at radius 2 is 1.47 bits per heavy atom. The fourth-order valence-corrected chi connectivity index (χ4v) is 3.32. The molecule has 0 aliphatic heterocycles. The number of unbranched alkanes of at least 4 members (excludes halogenated alkanes) is 2. The van der Waals surface area contributed by atoms with E-state index in [1.165, 1.54) is 83.8 Å². The molecule has 1 aliphatic rings. The fourth-order valence-electron chi connectivity index (χ4n) is 3.32. The lowest BCUT2D eigenvalue weighted by Gasteiger charge is -2.39. The summed E-state index contributed by atoms with van der Waals surface area (Å²) in [7, 11) is 2.17. The first kappa shape index (κ1) is 17.0. The molecule has 1 aliphatic carbocycles. The summed E-state index contributed by atoms with van der Waals surface area (Å²) in [5, 5.41) is 3.66. The molecule has 0 unspecified atom stereocenters. The van der Waals surface area contributed by atoms with Gasteiger partial charge >= 0.3 is 0 Å². The van der Waals surface area contributed by atoms with E-state index in [0.29, 0.717) is 5.54 Å². The van der Waals surface area contributed by atoms with E-state index in [1.807, 2.05) is 0 Å². The zero-order valence-electron chi connectivity index (χ0n) is 13.6. The van der Waals surface area contributed by atoms with Gasteiger partial charge in [0, 0.05) is 5.54 Å². The average molecular weight is 268 g/mol. The topological polar surface area (TPSA) is 15.3 Å². The van der Waals surface area contributed by atoms with Crippen LogP contribution in [-0.2, 0) is 0 Å². The summed E-state index contributed by atoms with van der Waals surface area (Å²) in [5.41, 5.74) is 0.453. The average Bonchev–Trinajstić information content (AvgIpc) is 2.47. The molecule has 0 amide bonds. The second-order valence-corrected chi connectivity index (χ2v) is 6.39. The molecule has 0 bridgehead atoms. The van der Waals surface area contributed by atoms with Crippen LogP contribution in [0.2, 0.25) is 0 Å². The minimum Gasteiger partial charge on any atom is -0.314 e. The van der Waals surface area contributed by atoms with Crippen molar-refractivity contribution in [2.45, 2.75) is 83.6 Å². The molecule has 0 aromatic carbocycles. The van der Waals surface area contributed by atoms with E-state index < -0.39 is 0 Å². The number of hydrogen-bond donors (Lipinski definition) is 1. The van der Waals surface area contributed by atoms with Crippen molar-refractivity contribution in [3.05, 3.63) is 0 Å². The highest BCUT2D eigenvalue weighted by Gasteiger charge is 2.30. The van der Waals surface area contributed by atoms with Gasteiger partial charge in [-0.05, 0) is 58.8 Å². The normalized spacial score (nSPS) is 18.9. The molecule has 1 saturated carbocycles. The van der Waals surface area contributed by atoms with Crippen LogP contribution in [0.4, 0.5) is 0 Å². The highest BCUT2D eigenvalue weighted by atomic mass is 15.1. The van der Waals surface area contributed by atoms with Crippen LogP contribution in [0.15, 0.2) is 0 Å². The van der Waals surface area contributed by atoms with Gasteiger partial charge in [-0.3, -0.25) is 0 Å². The van der Waals surface area contributed by atoms with Crippen LogP contribution >= 0.6 is 0 Å². The monoisotopic (exact) mass is 268 g/mol. The molecule has 0 atom stereocenters. The van der Waals surface area contributed by atoms with Crippen LogP contribution in [0.3, 0.4) is 0 Å². The molecule has 0 spiro atoms. The molecule has 1 fully saturated rings. The number of hydrogen-bond acceptors (Lipinski definition) is 2. The molecular weight excluding hydrogens is 232 g/mol. The van der Waals surface area contributed by atoms with Crippen molar-refractivity contribution in [2.75, 3.05) is 26.7 Å². The Bertz CT molecular complexity index is 201. The fraction of sp³-hybridized carbons (Fsp3) is 1.00. The van der Waals surface area contributed by atoms with Gasteiger partial charge in [0.15, 0.2) is 0 Å². The molecule has 0 aromatic rings. The molecule has 2 nitrogen and oxygen atoms in total. The summed E-state index contributed by atoms with van der Waals surface area (Å²) in [6.45, 7) is 8.50. The van der Waals surface area contributed by atoms with E-state index in [9.17, 15) is 0 Å². The lowest BCUT2D eigenvalue weighted by Crippen LogP contribution is -2.47. The third-order valence-corrected chi connectivity index (χ3v) is 4.90. The molecule has 114 valence electrons. The largest absolute Gasteiger partial charge is 0.314 e. The Kier molecular flexibility index (Phi) is 8.72. The zero-order valence-corrected chi connectivity index (χ0v) is 13.6. The van der Waals surface area contributed by atoms with E-state index in [-0.39, 0.29) is 0 Å². The summed E-state index contributed by atoms with van der Waals surface area (Å²) >= 11 is 0. The van der Waals surface area contributed by atoms with Gasteiger partial charge in [0.25, 0.3) is 0 Å².